The molecule has 1 fully saturated rings. The van der Waals surface area contributed by atoms with Crippen LogP contribution in [-0.4, -0.2) is 22.6 Å². The van der Waals surface area contributed by atoms with Crippen molar-refractivity contribution in [1.82, 2.24) is 9.55 Å². The number of nitrogens with two attached hydrogens (primary N) is 1. The smallest absolute Gasteiger partial charge is 0.328 e. The third kappa shape index (κ3) is 2.45. The van der Waals surface area contributed by atoms with E-state index in [1.54, 1.807) is 0 Å². The average molecular weight is 301 g/mol. The molecule has 0 amide bonds. The highest BCUT2D eigenvalue weighted by atomic mass is 16.5. The summed E-state index contributed by atoms with van der Waals surface area (Å²) in [5, 5.41) is 0. The molecule has 3 rings (SSSR count). The zero-order valence-corrected chi connectivity index (χ0v) is 13.2. The van der Waals surface area contributed by atoms with Crippen LogP contribution in [0.4, 0.5) is 5.69 Å². The van der Waals surface area contributed by atoms with Gasteiger partial charge in [0, 0.05) is 5.92 Å². The molecule has 2 N–H and O–H groups in total. The van der Waals surface area contributed by atoms with Crippen molar-refractivity contribution in [2.45, 2.75) is 51.0 Å². The predicted molar refractivity (Wildman–Crippen MR) is 86.7 cm³/mol. The van der Waals surface area contributed by atoms with Gasteiger partial charge in [0.25, 0.3) is 0 Å². The molecule has 0 bridgehead atoms. The molecule has 1 aliphatic carbocycles. The molecule has 1 unspecified atom stereocenters. The van der Waals surface area contributed by atoms with Crippen molar-refractivity contribution >= 4 is 22.7 Å². The van der Waals surface area contributed by atoms with E-state index in [4.69, 9.17) is 15.5 Å². The molecule has 118 valence electrons. The van der Waals surface area contributed by atoms with Crippen LogP contribution in [-0.2, 0) is 9.53 Å². The first-order valence-electron chi connectivity index (χ1n) is 7.97. The Morgan fingerprint density at radius 3 is 2.77 bits per heavy atom. The summed E-state index contributed by atoms with van der Waals surface area (Å²) in [4.78, 5) is 16.9. The topological polar surface area (TPSA) is 70.1 Å². The van der Waals surface area contributed by atoms with Gasteiger partial charge in [0.05, 0.1) is 18.3 Å². The van der Waals surface area contributed by atoms with Gasteiger partial charge in [-0.1, -0.05) is 25.3 Å². The van der Waals surface area contributed by atoms with E-state index in [1.165, 1.54) is 26.4 Å². The number of benzene rings is 1. The largest absolute Gasteiger partial charge is 0.467 e. The highest BCUT2D eigenvalue weighted by molar-refractivity contribution is 5.89. The molecule has 1 aromatic heterocycles. The molecule has 2 aromatic rings. The van der Waals surface area contributed by atoms with Gasteiger partial charge >= 0.3 is 5.97 Å². The van der Waals surface area contributed by atoms with Crippen LogP contribution < -0.4 is 5.73 Å². The van der Waals surface area contributed by atoms with E-state index < -0.39 is 6.04 Å². The lowest BCUT2D eigenvalue weighted by atomic mass is 9.88. The minimum atomic E-state index is -0.395. The minimum Gasteiger partial charge on any atom is -0.467 e. The minimum absolute atomic E-state index is 0.251. The summed E-state index contributed by atoms with van der Waals surface area (Å²) < 4.78 is 6.96. The van der Waals surface area contributed by atoms with E-state index >= 15 is 0 Å². The number of rotatable bonds is 3. The number of carbonyl (C=O) groups is 1. The van der Waals surface area contributed by atoms with Gasteiger partial charge in [0.2, 0.25) is 0 Å². The molecule has 0 aliphatic heterocycles. The standard InChI is InChI=1S/C17H23N3O2/c1-11(17(21)22-2)20-14-10-6-9-13(18)15(14)19-16(20)12-7-4-3-5-8-12/h6,9-12H,3-5,7-8,18H2,1-2H3. The normalized spacial score (nSPS) is 17.5. The Kier molecular flexibility index (Phi) is 4.05. The number of methoxy groups -OCH3 is 1. The highest BCUT2D eigenvalue weighted by Gasteiger charge is 2.28. The Labute approximate surface area is 130 Å². The maximum Gasteiger partial charge on any atom is 0.328 e. The Balaban J connectivity index is 2.16. The second kappa shape index (κ2) is 5.99. The number of para-hydroxylation sites is 1. The van der Waals surface area contributed by atoms with Crippen molar-refractivity contribution in [3.05, 3.63) is 24.0 Å². The van der Waals surface area contributed by atoms with Gasteiger partial charge in [-0.15, -0.1) is 0 Å². The van der Waals surface area contributed by atoms with Gasteiger partial charge in [0.15, 0.2) is 0 Å². The molecule has 1 aliphatic rings. The second-order valence-corrected chi connectivity index (χ2v) is 6.09. The number of nitrogen functional groups attached to an aromatic ring is 1. The maximum absolute atomic E-state index is 12.1. The maximum atomic E-state index is 12.1. The van der Waals surface area contributed by atoms with Crippen LogP contribution in [0.1, 0.15) is 56.8 Å². The molecule has 0 radical (unpaired) electrons. The van der Waals surface area contributed by atoms with E-state index in [1.807, 2.05) is 29.7 Å². The van der Waals surface area contributed by atoms with Crippen LogP contribution in [0.3, 0.4) is 0 Å². The summed E-state index contributed by atoms with van der Waals surface area (Å²) in [6.45, 7) is 1.86. The molecule has 1 saturated carbocycles. The fourth-order valence-corrected chi connectivity index (χ4v) is 3.49. The number of carbonyl (C=O) groups excluding carboxylic acids is 1. The molecular weight excluding hydrogens is 278 g/mol. The van der Waals surface area contributed by atoms with Crippen LogP contribution in [0, 0.1) is 0 Å². The molecule has 5 nitrogen and oxygen atoms in total. The van der Waals surface area contributed by atoms with Gasteiger partial charge in [-0.05, 0) is 31.9 Å². The van der Waals surface area contributed by atoms with Gasteiger partial charge in [-0.3, -0.25) is 0 Å². The Hall–Kier alpha value is -2.04. The first-order valence-corrected chi connectivity index (χ1v) is 7.97. The van der Waals surface area contributed by atoms with Crippen molar-refractivity contribution in [2.75, 3.05) is 12.8 Å². The number of hydrogen-bond acceptors (Lipinski definition) is 4. The lowest BCUT2D eigenvalue weighted by Crippen LogP contribution is -2.22. The summed E-state index contributed by atoms with van der Waals surface area (Å²) in [5.41, 5.74) is 8.45. The van der Waals surface area contributed by atoms with E-state index in [9.17, 15) is 4.79 Å². The number of fused-ring (bicyclic) bond motifs is 1. The van der Waals surface area contributed by atoms with Crippen LogP contribution in [0.25, 0.3) is 11.0 Å². The van der Waals surface area contributed by atoms with Gasteiger partial charge in [-0.2, -0.15) is 0 Å². The van der Waals surface area contributed by atoms with Crippen molar-refractivity contribution in [2.24, 2.45) is 0 Å². The third-order valence-electron chi connectivity index (χ3n) is 4.68. The molecule has 1 atom stereocenters. The van der Waals surface area contributed by atoms with Crippen molar-refractivity contribution < 1.29 is 9.53 Å². The average Bonchev–Trinajstić information content (AvgIpc) is 2.95. The fourth-order valence-electron chi connectivity index (χ4n) is 3.49. The van der Waals surface area contributed by atoms with Gasteiger partial charge in [-0.25, -0.2) is 9.78 Å². The molecule has 22 heavy (non-hydrogen) atoms. The lowest BCUT2D eigenvalue weighted by molar-refractivity contribution is -0.144. The summed E-state index contributed by atoms with van der Waals surface area (Å²) in [6, 6.07) is 5.34. The predicted octanol–water partition coefficient (Wildman–Crippen LogP) is 3.40. The van der Waals surface area contributed by atoms with E-state index in [0.29, 0.717) is 11.6 Å². The molecule has 1 aromatic carbocycles. The van der Waals surface area contributed by atoms with E-state index in [2.05, 4.69) is 0 Å². The van der Waals surface area contributed by atoms with Gasteiger partial charge < -0.3 is 15.0 Å². The Morgan fingerprint density at radius 1 is 1.36 bits per heavy atom. The van der Waals surface area contributed by atoms with Crippen molar-refractivity contribution in [3.63, 3.8) is 0 Å². The first-order chi connectivity index (χ1) is 10.6. The zero-order chi connectivity index (χ0) is 15.7. The fraction of sp³-hybridized carbons (Fsp3) is 0.529. The van der Waals surface area contributed by atoms with Crippen molar-refractivity contribution in [3.8, 4) is 0 Å². The summed E-state index contributed by atoms with van der Waals surface area (Å²) in [6.07, 6.45) is 5.96. The molecule has 1 heterocycles. The lowest BCUT2D eigenvalue weighted by Gasteiger charge is -2.24. The molecule has 0 saturated heterocycles. The number of hydrogen-bond donors (Lipinski definition) is 1. The second-order valence-electron chi connectivity index (χ2n) is 6.09. The number of aromatic nitrogens is 2. The highest BCUT2D eigenvalue weighted by Crippen LogP contribution is 2.36. The van der Waals surface area contributed by atoms with Crippen LogP contribution >= 0.6 is 0 Å². The summed E-state index contributed by atoms with van der Waals surface area (Å²) >= 11 is 0. The number of imidazole rings is 1. The number of nitrogens with zero attached hydrogens (tertiary/aromatic N) is 2. The van der Waals surface area contributed by atoms with Crippen LogP contribution in [0.15, 0.2) is 18.2 Å². The molecule has 5 heteroatoms. The van der Waals surface area contributed by atoms with E-state index in [-0.39, 0.29) is 5.97 Å². The Morgan fingerprint density at radius 2 is 2.09 bits per heavy atom. The Bertz CT molecular complexity index is 687. The first kappa shape index (κ1) is 14.9. The van der Waals surface area contributed by atoms with Gasteiger partial charge in [0.1, 0.15) is 17.4 Å². The third-order valence-corrected chi connectivity index (χ3v) is 4.68. The quantitative estimate of drug-likeness (QED) is 0.696. The monoisotopic (exact) mass is 301 g/mol. The molecule has 0 spiro atoms. The summed E-state index contributed by atoms with van der Waals surface area (Å²) in [7, 11) is 1.42. The van der Waals surface area contributed by atoms with Crippen molar-refractivity contribution in [1.29, 1.82) is 0 Å². The number of ether oxygens (including phenoxy) is 1. The van der Waals surface area contributed by atoms with Crippen LogP contribution in [0.5, 0.6) is 0 Å². The van der Waals surface area contributed by atoms with Crippen LogP contribution in [0.2, 0.25) is 0 Å². The number of esters is 1. The SMILES string of the molecule is COC(=O)C(C)n1c(C2CCCCC2)nc2c(N)cccc21. The molecular formula is C17H23N3O2. The number of anilines is 1. The summed E-state index contributed by atoms with van der Waals surface area (Å²) in [5.74, 6) is 1.12. The zero-order valence-electron chi connectivity index (χ0n) is 13.2. The van der Waals surface area contributed by atoms with E-state index in [0.717, 1.165) is 29.7 Å².